The van der Waals surface area contributed by atoms with Crippen molar-refractivity contribution in [1.29, 1.82) is 0 Å². The lowest BCUT2D eigenvalue weighted by atomic mass is 9.95. The van der Waals surface area contributed by atoms with Gasteiger partial charge in [-0.05, 0) is 18.9 Å². The van der Waals surface area contributed by atoms with E-state index < -0.39 is 4.92 Å². The van der Waals surface area contributed by atoms with Crippen LogP contribution >= 0.6 is 0 Å². The van der Waals surface area contributed by atoms with E-state index in [1.165, 1.54) is 12.1 Å². The lowest BCUT2D eigenvalue weighted by Crippen LogP contribution is -2.25. The number of hydrogen-bond donors (Lipinski definition) is 3. The average Bonchev–Trinajstić information content (AvgIpc) is 2.39. The Balaban J connectivity index is 2.93. The molecule has 1 aromatic carbocycles. The van der Waals surface area contributed by atoms with Crippen molar-refractivity contribution in [2.24, 2.45) is 11.8 Å². The maximum atomic E-state index is 10.9. The number of nitrogens with zero attached hydrogens (tertiary/aromatic N) is 1. The summed E-state index contributed by atoms with van der Waals surface area (Å²) in [6.45, 7) is 6.38. The van der Waals surface area contributed by atoms with Crippen molar-refractivity contribution in [3.05, 3.63) is 28.3 Å². The lowest BCUT2D eigenvalue weighted by molar-refractivity contribution is -0.384. The van der Waals surface area contributed by atoms with Crippen LogP contribution in [0.3, 0.4) is 0 Å². The molecule has 1 rings (SSSR count). The summed E-state index contributed by atoms with van der Waals surface area (Å²) in [6.07, 6.45) is 2.14. The summed E-state index contributed by atoms with van der Waals surface area (Å²) in [5.74, 6) is 5.87. The van der Waals surface area contributed by atoms with Crippen molar-refractivity contribution >= 4 is 17.1 Å². The third kappa shape index (κ3) is 4.10. The van der Waals surface area contributed by atoms with E-state index in [1.807, 2.05) is 0 Å². The van der Waals surface area contributed by atoms with E-state index in [0.717, 1.165) is 12.8 Å². The van der Waals surface area contributed by atoms with Gasteiger partial charge in [0.05, 0.1) is 10.6 Å². The van der Waals surface area contributed by atoms with Crippen LogP contribution in [0.1, 0.15) is 33.6 Å². The first kappa shape index (κ1) is 15.2. The maximum absolute atomic E-state index is 10.9. The monoisotopic (exact) mass is 266 g/mol. The van der Waals surface area contributed by atoms with Crippen molar-refractivity contribution in [2.45, 2.75) is 39.7 Å². The van der Waals surface area contributed by atoms with Gasteiger partial charge in [-0.15, -0.1) is 0 Å². The first-order valence-electron chi connectivity index (χ1n) is 6.54. The van der Waals surface area contributed by atoms with Crippen molar-refractivity contribution < 1.29 is 4.92 Å². The summed E-state index contributed by atoms with van der Waals surface area (Å²) in [4.78, 5) is 10.4. The number of hydrogen-bond acceptors (Lipinski definition) is 5. The number of hydrazine groups is 1. The van der Waals surface area contributed by atoms with Crippen LogP contribution in [0.2, 0.25) is 0 Å². The van der Waals surface area contributed by atoms with Gasteiger partial charge >= 0.3 is 0 Å². The molecule has 0 amide bonds. The molecule has 106 valence electrons. The molecule has 1 aromatic rings. The molecule has 0 bridgehead atoms. The van der Waals surface area contributed by atoms with Crippen LogP contribution in [0.25, 0.3) is 0 Å². The molecule has 0 aliphatic rings. The highest BCUT2D eigenvalue weighted by Gasteiger charge is 2.15. The van der Waals surface area contributed by atoms with E-state index in [9.17, 15) is 10.1 Å². The zero-order chi connectivity index (χ0) is 14.4. The zero-order valence-electron chi connectivity index (χ0n) is 11.6. The summed E-state index contributed by atoms with van der Waals surface area (Å²) in [6, 6.07) is 4.96. The molecular formula is C13H22N4O2. The molecule has 0 radical (unpaired) electrons. The van der Waals surface area contributed by atoms with E-state index in [-0.39, 0.29) is 11.7 Å². The molecule has 0 spiro atoms. The fourth-order valence-electron chi connectivity index (χ4n) is 2.26. The first-order valence-corrected chi connectivity index (χ1v) is 6.54. The summed E-state index contributed by atoms with van der Waals surface area (Å²) in [7, 11) is 0. The second-order valence-electron chi connectivity index (χ2n) is 4.68. The van der Waals surface area contributed by atoms with E-state index in [4.69, 9.17) is 5.84 Å². The molecule has 1 atom stereocenters. The number of rotatable bonds is 7. The molecule has 0 aliphatic carbocycles. The predicted molar refractivity (Wildman–Crippen MR) is 78.1 cm³/mol. The minimum Gasteiger partial charge on any atom is -0.382 e. The standard InChI is InChI=1S/C13H22N4O2/c1-4-10(5-2)9(3)15-11-6-12(16-14)8-13(7-11)17(18)19/h6-10,15-16H,4-5,14H2,1-3H3. The van der Waals surface area contributed by atoms with Crippen molar-refractivity contribution in [3.63, 3.8) is 0 Å². The quantitative estimate of drug-likeness (QED) is 0.400. The summed E-state index contributed by atoms with van der Waals surface area (Å²) >= 11 is 0. The third-order valence-corrected chi connectivity index (χ3v) is 3.45. The fraction of sp³-hybridized carbons (Fsp3) is 0.538. The van der Waals surface area contributed by atoms with Gasteiger partial charge in [-0.2, -0.15) is 0 Å². The average molecular weight is 266 g/mol. The summed E-state index contributed by atoms with van der Waals surface area (Å²) in [5, 5.41) is 14.2. The van der Waals surface area contributed by atoms with Crippen LogP contribution in [0, 0.1) is 16.0 Å². The van der Waals surface area contributed by atoms with Crippen LogP contribution in [0.5, 0.6) is 0 Å². The molecule has 0 aliphatic heterocycles. The molecule has 19 heavy (non-hydrogen) atoms. The summed E-state index contributed by atoms with van der Waals surface area (Å²) < 4.78 is 0. The molecule has 1 unspecified atom stereocenters. The van der Waals surface area contributed by atoms with Gasteiger partial charge in [-0.1, -0.05) is 26.7 Å². The highest BCUT2D eigenvalue weighted by molar-refractivity contribution is 5.63. The molecule has 6 heteroatoms. The molecule has 0 saturated heterocycles. The molecule has 4 N–H and O–H groups in total. The highest BCUT2D eigenvalue weighted by Crippen LogP contribution is 2.26. The molecular weight excluding hydrogens is 244 g/mol. The smallest absolute Gasteiger partial charge is 0.273 e. The Labute approximate surface area is 113 Å². The van der Waals surface area contributed by atoms with Crippen molar-refractivity contribution in [1.82, 2.24) is 0 Å². The Morgan fingerprint density at radius 2 is 1.84 bits per heavy atom. The lowest BCUT2D eigenvalue weighted by Gasteiger charge is -2.23. The molecule has 0 saturated carbocycles. The SMILES string of the molecule is CCC(CC)C(C)Nc1cc(NN)cc([N+](=O)[O-])c1. The number of non-ortho nitro benzene ring substituents is 1. The number of anilines is 2. The second kappa shape index (κ2) is 6.94. The van der Waals surface area contributed by atoms with Crippen molar-refractivity contribution in [2.75, 3.05) is 10.7 Å². The van der Waals surface area contributed by atoms with Gasteiger partial charge in [0, 0.05) is 23.9 Å². The Hall–Kier alpha value is -1.82. The zero-order valence-corrected chi connectivity index (χ0v) is 11.6. The number of nitro groups is 1. The van der Waals surface area contributed by atoms with E-state index in [1.54, 1.807) is 6.07 Å². The van der Waals surface area contributed by atoms with Gasteiger partial charge in [-0.25, -0.2) is 0 Å². The maximum Gasteiger partial charge on any atom is 0.273 e. The Morgan fingerprint density at radius 3 is 2.32 bits per heavy atom. The third-order valence-electron chi connectivity index (χ3n) is 3.45. The number of benzene rings is 1. The van der Waals surface area contributed by atoms with Crippen LogP contribution in [-0.4, -0.2) is 11.0 Å². The van der Waals surface area contributed by atoms with Gasteiger partial charge < -0.3 is 10.7 Å². The molecule has 6 nitrogen and oxygen atoms in total. The van der Waals surface area contributed by atoms with Crippen LogP contribution < -0.4 is 16.6 Å². The predicted octanol–water partition coefficient (Wildman–Crippen LogP) is 3.12. The normalized spacial score (nSPS) is 12.3. The van der Waals surface area contributed by atoms with Crippen molar-refractivity contribution in [3.8, 4) is 0 Å². The number of nitro benzene ring substituents is 1. The topological polar surface area (TPSA) is 93.2 Å². The van der Waals surface area contributed by atoms with Crippen LogP contribution in [-0.2, 0) is 0 Å². The molecule has 0 heterocycles. The second-order valence-corrected chi connectivity index (χ2v) is 4.68. The minimum atomic E-state index is -0.423. The summed E-state index contributed by atoms with van der Waals surface area (Å²) in [5.41, 5.74) is 3.70. The number of nitrogens with two attached hydrogens (primary N) is 1. The Bertz CT molecular complexity index is 433. The van der Waals surface area contributed by atoms with E-state index >= 15 is 0 Å². The Morgan fingerprint density at radius 1 is 1.26 bits per heavy atom. The first-order chi connectivity index (χ1) is 9.01. The highest BCUT2D eigenvalue weighted by atomic mass is 16.6. The van der Waals surface area contributed by atoms with E-state index in [2.05, 4.69) is 31.5 Å². The van der Waals surface area contributed by atoms with Gasteiger partial charge in [0.15, 0.2) is 0 Å². The van der Waals surface area contributed by atoms with Gasteiger partial charge in [0.2, 0.25) is 0 Å². The fourth-order valence-corrected chi connectivity index (χ4v) is 2.26. The number of nitrogen functional groups attached to an aromatic ring is 1. The van der Waals surface area contributed by atoms with Gasteiger partial charge in [-0.3, -0.25) is 16.0 Å². The molecule has 0 aromatic heterocycles. The van der Waals surface area contributed by atoms with Crippen LogP contribution in [0.15, 0.2) is 18.2 Å². The van der Waals surface area contributed by atoms with Gasteiger partial charge in [0.25, 0.3) is 5.69 Å². The van der Waals surface area contributed by atoms with E-state index in [0.29, 0.717) is 17.3 Å². The largest absolute Gasteiger partial charge is 0.382 e. The number of nitrogens with one attached hydrogen (secondary N) is 2. The van der Waals surface area contributed by atoms with Crippen LogP contribution in [0.4, 0.5) is 17.1 Å². The Kier molecular flexibility index (Phi) is 5.57. The minimum absolute atomic E-state index is 0.0229. The van der Waals surface area contributed by atoms with Gasteiger partial charge in [0.1, 0.15) is 0 Å². The molecule has 0 fully saturated rings.